The second-order valence-electron chi connectivity index (χ2n) is 8.29. The number of nitrogens with zero attached hydrogens (tertiary/aromatic N) is 5. The molecule has 1 aromatic heterocycles. The minimum Gasteiger partial charge on any atom is -0.356 e. The molecule has 0 saturated carbocycles. The van der Waals surface area contributed by atoms with Gasteiger partial charge in [0.2, 0.25) is 5.95 Å². The van der Waals surface area contributed by atoms with E-state index in [9.17, 15) is 10.1 Å². The van der Waals surface area contributed by atoms with Crippen LogP contribution in [0.3, 0.4) is 0 Å². The Bertz CT molecular complexity index is 853. The quantitative estimate of drug-likeness (QED) is 0.572. The van der Waals surface area contributed by atoms with Crippen molar-refractivity contribution in [1.82, 2.24) is 14.9 Å². The monoisotopic (exact) mass is 410 g/mol. The topological polar surface area (TPSA) is 87.4 Å². The summed E-state index contributed by atoms with van der Waals surface area (Å²) in [6.07, 6.45) is 9.05. The average molecular weight is 411 g/mol. The van der Waals surface area contributed by atoms with Gasteiger partial charge in [-0.3, -0.25) is 15.0 Å². The summed E-state index contributed by atoms with van der Waals surface area (Å²) in [7, 11) is 0. The van der Waals surface area contributed by atoms with Gasteiger partial charge >= 0.3 is 0 Å². The molecule has 1 aromatic carbocycles. The molecule has 2 aliphatic rings. The van der Waals surface area contributed by atoms with Gasteiger partial charge in [-0.15, -0.1) is 0 Å². The number of non-ortho nitro benzene ring substituents is 1. The Morgan fingerprint density at radius 1 is 1.10 bits per heavy atom. The number of likely N-dealkylation sites (tertiary alicyclic amines) is 1. The Labute approximate surface area is 177 Å². The predicted molar refractivity (Wildman–Crippen MR) is 118 cm³/mol. The van der Waals surface area contributed by atoms with Crippen molar-refractivity contribution in [1.29, 1.82) is 0 Å². The van der Waals surface area contributed by atoms with Crippen molar-refractivity contribution in [2.24, 2.45) is 0 Å². The van der Waals surface area contributed by atoms with Crippen LogP contribution in [0, 0.1) is 10.1 Å². The molecule has 2 aromatic rings. The van der Waals surface area contributed by atoms with Crippen LogP contribution in [0.1, 0.15) is 44.1 Å². The third kappa shape index (κ3) is 5.44. The fourth-order valence-corrected chi connectivity index (χ4v) is 4.42. The number of hydrogen-bond acceptors (Lipinski definition) is 7. The summed E-state index contributed by atoms with van der Waals surface area (Å²) in [5.74, 6) is 1.71. The molecule has 0 radical (unpaired) electrons. The van der Waals surface area contributed by atoms with Gasteiger partial charge in [0.1, 0.15) is 5.82 Å². The fourth-order valence-electron chi connectivity index (χ4n) is 4.42. The third-order valence-electron chi connectivity index (χ3n) is 5.94. The van der Waals surface area contributed by atoms with E-state index in [0.717, 1.165) is 50.4 Å². The van der Waals surface area contributed by atoms with E-state index >= 15 is 0 Å². The maximum atomic E-state index is 11.0. The molecule has 1 atom stereocenters. The van der Waals surface area contributed by atoms with Gasteiger partial charge < -0.3 is 10.2 Å². The molecule has 0 amide bonds. The van der Waals surface area contributed by atoms with Gasteiger partial charge in [0, 0.05) is 50.6 Å². The van der Waals surface area contributed by atoms with Gasteiger partial charge in [0.05, 0.1) is 4.92 Å². The lowest BCUT2D eigenvalue weighted by Crippen LogP contribution is -2.42. The molecule has 3 heterocycles. The molecular formula is C22H30N6O2. The highest BCUT2D eigenvalue weighted by molar-refractivity contribution is 5.43. The number of benzene rings is 1. The fraction of sp³-hybridized carbons (Fsp3) is 0.545. The molecule has 2 fully saturated rings. The lowest BCUT2D eigenvalue weighted by molar-refractivity contribution is -0.384. The van der Waals surface area contributed by atoms with Crippen LogP contribution < -0.4 is 10.2 Å². The number of nitro benzene ring substituents is 1. The van der Waals surface area contributed by atoms with Crippen molar-refractivity contribution in [3.8, 4) is 0 Å². The number of rotatable bonds is 6. The number of piperidine rings is 1. The van der Waals surface area contributed by atoms with Crippen LogP contribution in [-0.2, 0) is 6.54 Å². The summed E-state index contributed by atoms with van der Waals surface area (Å²) in [6.45, 7) is 4.72. The SMILES string of the molecule is O=[N+]([O-])c1cccc(CN2CCCC(Nc3nccc(N4CCCCCC4)n3)C2)c1. The van der Waals surface area contributed by atoms with Gasteiger partial charge in [-0.25, -0.2) is 4.98 Å². The lowest BCUT2D eigenvalue weighted by atomic mass is 10.0. The number of aromatic nitrogens is 2. The van der Waals surface area contributed by atoms with Crippen LogP contribution in [0.5, 0.6) is 0 Å². The van der Waals surface area contributed by atoms with Crippen molar-refractivity contribution in [3.05, 3.63) is 52.2 Å². The molecule has 1 unspecified atom stereocenters. The van der Waals surface area contributed by atoms with Gasteiger partial charge in [-0.05, 0) is 43.9 Å². The molecule has 8 nitrogen and oxygen atoms in total. The third-order valence-corrected chi connectivity index (χ3v) is 5.94. The highest BCUT2D eigenvalue weighted by Gasteiger charge is 2.21. The zero-order valence-electron chi connectivity index (χ0n) is 17.4. The van der Waals surface area contributed by atoms with E-state index in [1.807, 2.05) is 18.3 Å². The van der Waals surface area contributed by atoms with Crippen LogP contribution in [0.4, 0.5) is 17.5 Å². The number of hydrogen-bond donors (Lipinski definition) is 1. The summed E-state index contributed by atoms with van der Waals surface area (Å²) in [5.41, 5.74) is 1.13. The maximum absolute atomic E-state index is 11.0. The van der Waals surface area contributed by atoms with Crippen molar-refractivity contribution in [2.45, 2.75) is 51.1 Å². The average Bonchev–Trinajstić information content (AvgIpc) is 3.04. The van der Waals surface area contributed by atoms with Gasteiger partial charge in [-0.2, -0.15) is 4.98 Å². The van der Waals surface area contributed by atoms with Gasteiger partial charge in [0.25, 0.3) is 5.69 Å². The Morgan fingerprint density at radius 3 is 2.73 bits per heavy atom. The molecule has 2 aliphatic heterocycles. The standard InChI is InChI=1S/C22H30N6O2/c29-28(30)20-9-5-7-18(15-20)16-26-12-6-8-19(17-26)24-22-23-11-10-21(25-22)27-13-3-1-2-4-14-27/h5,7,9-11,15,19H,1-4,6,8,12-14,16-17H2,(H,23,24,25). The largest absolute Gasteiger partial charge is 0.356 e. The maximum Gasteiger partial charge on any atom is 0.269 e. The van der Waals surface area contributed by atoms with Crippen molar-refractivity contribution >= 4 is 17.5 Å². The number of nitro groups is 1. The molecule has 0 spiro atoms. The minimum atomic E-state index is -0.335. The van der Waals surface area contributed by atoms with Gasteiger partial charge in [0.15, 0.2) is 0 Å². The minimum absolute atomic E-state index is 0.151. The van der Waals surface area contributed by atoms with Crippen LogP contribution in [0.2, 0.25) is 0 Å². The van der Waals surface area contributed by atoms with E-state index in [2.05, 4.69) is 20.1 Å². The molecule has 8 heteroatoms. The molecule has 0 aliphatic carbocycles. The predicted octanol–water partition coefficient (Wildman–Crippen LogP) is 3.84. The van der Waals surface area contributed by atoms with Crippen molar-refractivity contribution in [3.63, 3.8) is 0 Å². The number of nitrogens with one attached hydrogen (secondary N) is 1. The zero-order valence-corrected chi connectivity index (χ0v) is 17.4. The highest BCUT2D eigenvalue weighted by atomic mass is 16.6. The summed E-state index contributed by atoms with van der Waals surface area (Å²) < 4.78 is 0. The van der Waals surface area contributed by atoms with Crippen LogP contribution >= 0.6 is 0 Å². The van der Waals surface area contributed by atoms with E-state index in [4.69, 9.17) is 4.98 Å². The second-order valence-corrected chi connectivity index (χ2v) is 8.29. The summed E-state index contributed by atoms with van der Waals surface area (Å²) in [4.78, 5) is 24.6. The number of anilines is 2. The van der Waals surface area contributed by atoms with E-state index in [-0.39, 0.29) is 16.7 Å². The van der Waals surface area contributed by atoms with Crippen molar-refractivity contribution in [2.75, 3.05) is 36.4 Å². The smallest absolute Gasteiger partial charge is 0.269 e. The first-order valence-corrected chi connectivity index (χ1v) is 11.0. The Kier molecular flexibility index (Phi) is 6.74. The Balaban J connectivity index is 1.36. The highest BCUT2D eigenvalue weighted by Crippen LogP contribution is 2.21. The Morgan fingerprint density at radius 2 is 1.93 bits per heavy atom. The van der Waals surface area contributed by atoms with Crippen molar-refractivity contribution < 1.29 is 4.92 Å². The lowest BCUT2D eigenvalue weighted by Gasteiger charge is -2.33. The molecule has 160 valence electrons. The normalized spacial score (nSPS) is 20.5. The zero-order chi connectivity index (χ0) is 20.8. The summed E-state index contributed by atoms with van der Waals surface area (Å²) in [6, 6.07) is 9.21. The molecule has 2 saturated heterocycles. The molecule has 30 heavy (non-hydrogen) atoms. The van der Waals surface area contributed by atoms with Crippen LogP contribution in [0.25, 0.3) is 0 Å². The first-order valence-electron chi connectivity index (χ1n) is 11.0. The molecule has 0 bridgehead atoms. The molecule has 1 N–H and O–H groups in total. The molecular weight excluding hydrogens is 380 g/mol. The first-order chi connectivity index (χ1) is 14.7. The van der Waals surface area contributed by atoms with Crippen LogP contribution in [-0.4, -0.2) is 52.0 Å². The van der Waals surface area contributed by atoms with E-state index in [0.29, 0.717) is 12.5 Å². The van der Waals surface area contributed by atoms with E-state index in [1.165, 1.54) is 25.7 Å². The van der Waals surface area contributed by atoms with Gasteiger partial charge in [-0.1, -0.05) is 25.0 Å². The summed E-state index contributed by atoms with van der Waals surface area (Å²) >= 11 is 0. The van der Waals surface area contributed by atoms with E-state index in [1.54, 1.807) is 18.2 Å². The first kappa shape index (κ1) is 20.5. The van der Waals surface area contributed by atoms with E-state index < -0.39 is 0 Å². The summed E-state index contributed by atoms with van der Waals surface area (Å²) in [5, 5.41) is 14.5. The second kappa shape index (κ2) is 9.84. The van der Waals surface area contributed by atoms with Crippen LogP contribution in [0.15, 0.2) is 36.5 Å². The Hall–Kier alpha value is -2.74. The molecule has 4 rings (SSSR count).